The van der Waals surface area contributed by atoms with Crippen LogP contribution >= 0.6 is 27.7 Å². The topological polar surface area (TPSA) is 34.1 Å². The first-order valence-electron chi connectivity index (χ1n) is 11.1. The van der Waals surface area contributed by atoms with E-state index in [9.17, 15) is 9.59 Å². The van der Waals surface area contributed by atoms with Gasteiger partial charge >= 0.3 is 0 Å². The van der Waals surface area contributed by atoms with E-state index >= 15 is 0 Å². The van der Waals surface area contributed by atoms with Gasteiger partial charge in [-0.2, -0.15) is 0 Å². The van der Waals surface area contributed by atoms with Crippen molar-refractivity contribution >= 4 is 39.3 Å². The lowest BCUT2D eigenvalue weighted by Crippen LogP contribution is -2.51. The molecule has 1 aromatic rings. The molecule has 0 radical (unpaired) electrons. The zero-order valence-electron chi connectivity index (χ0n) is 17.3. The van der Waals surface area contributed by atoms with Crippen LogP contribution in [0.4, 0.5) is 0 Å². The van der Waals surface area contributed by atoms with E-state index in [0.29, 0.717) is 35.7 Å². The molecule has 0 aliphatic heterocycles. The van der Waals surface area contributed by atoms with Crippen LogP contribution in [-0.2, 0) is 9.59 Å². The van der Waals surface area contributed by atoms with Crippen molar-refractivity contribution in [2.45, 2.75) is 70.1 Å². The summed E-state index contributed by atoms with van der Waals surface area (Å²) in [6.07, 6.45) is 7.91. The minimum atomic E-state index is -0.0712. The highest BCUT2D eigenvalue weighted by Crippen LogP contribution is 2.65. The molecule has 5 rings (SSSR count). The largest absolute Gasteiger partial charge is 0.299 e. The minimum Gasteiger partial charge on any atom is -0.299 e. The lowest BCUT2D eigenvalue weighted by atomic mass is 9.47. The summed E-state index contributed by atoms with van der Waals surface area (Å²) in [5.41, 5.74) is 1.48. The van der Waals surface area contributed by atoms with E-state index < -0.39 is 0 Å². The fourth-order valence-electron chi connectivity index (χ4n) is 7.18. The minimum absolute atomic E-state index is 0.0712. The smallest absolute Gasteiger partial charge is 0.169 e. The molecule has 0 N–H and O–H groups in total. The highest BCUT2D eigenvalue weighted by Gasteiger charge is 2.59. The van der Waals surface area contributed by atoms with Crippen molar-refractivity contribution in [1.29, 1.82) is 0 Å². The third-order valence-corrected chi connectivity index (χ3v) is 10.5. The number of halogens is 1. The molecule has 0 heterocycles. The fraction of sp³-hybridized carbons (Fsp3) is 0.600. The van der Waals surface area contributed by atoms with Crippen LogP contribution in [0.1, 0.15) is 65.2 Å². The van der Waals surface area contributed by atoms with Crippen LogP contribution in [0.25, 0.3) is 0 Å². The lowest BCUT2D eigenvalue weighted by molar-refractivity contribution is -0.132. The van der Waals surface area contributed by atoms with E-state index in [1.165, 1.54) is 5.57 Å². The van der Waals surface area contributed by atoms with E-state index in [0.717, 1.165) is 59.2 Å². The highest BCUT2D eigenvalue weighted by molar-refractivity contribution is 9.10. The quantitative estimate of drug-likeness (QED) is 0.465. The Hall–Kier alpha value is -0.870. The van der Waals surface area contributed by atoms with Gasteiger partial charge in [-0.3, -0.25) is 9.59 Å². The second kappa shape index (κ2) is 7.09. The van der Waals surface area contributed by atoms with Gasteiger partial charge in [0.15, 0.2) is 5.78 Å². The second-order valence-electron chi connectivity index (χ2n) is 10.0. The Morgan fingerprint density at radius 1 is 0.897 bits per heavy atom. The summed E-state index contributed by atoms with van der Waals surface area (Å²) in [5, 5.41) is 0. The number of carbonyl (C=O) groups is 2. The Balaban J connectivity index is 1.50. The van der Waals surface area contributed by atoms with Crippen molar-refractivity contribution in [3.8, 4) is 0 Å². The predicted molar refractivity (Wildman–Crippen MR) is 121 cm³/mol. The normalized spacial score (nSPS) is 39.2. The summed E-state index contributed by atoms with van der Waals surface area (Å²) in [5.74, 6) is 2.69. The van der Waals surface area contributed by atoms with Crippen LogP contribution in [0.15, 0.2) is 44.1 Å². The lowest BCUT2D eigenvalue weighted by Gasteiger charge is -2.57. The predicted octanol–water partition coefficient (Wildman–Crippen LogP) is 6.97. The van der Waals surface area contributed by atoms with Gasteiger partial charge < -0.3 is 0 Å². The van der Waals surface area contributed by atoms with Crippen LogP contribution in [0.5, 0.6) is 0 Å². The molecule has 0 aromatic heterocycles. The number of thioether (sulfide) groups is 1. The van der Waals surface area contributed by atoms with Crippen LogP contribution in [0.2, 0.25) is 0 Å². The molecule has 4 heteroatoms. The van der Waals surface area contributed by atoms with E-state index in [1.807, 2.05) is 0 Å². The molecular weight excluding hydrogens is 444 g/mol. The molecule has 0 spiro atoms. The molecule has 1 aromatic carbocycles. The zero-order chi connectivity index (χ0) is 20.4. The van der Waals surface area contributed by atoms with Gasteiger partial charge in [0.1, 0.15) is 5.78 Å². The highest BCUT2D eigenvalue weighted by atomic mass is 79.9. The van der Waals surface area contributed by atoms with Crippen molar-refractivity contribution in [2.24, 2.45) is 28.6 Å². The van der Waals surface area contributed by atoms with Gasteiger partial charge in [0.25, 0.3) is 0 Å². The molecule has 5 atom stereocenters. The summed E-state index contributed by atoms with van der Waals surface area (Å²) < 4.78 is 1.07. The summed E-state index contributed by atoms with van der Waals surface area (Å²) in [7, 11) is 0. The number of carbonyl (C=O) groups excluding carboxylic acids is 2. The standard InChI is InChI=1S/C25H29BrO2S/c1-24-14-12-21(27)23(29-16-5-3-15(26)4-6-16)20(24)8-7-17-18-9-10-22(28)25(18,2)13-11-19(17)24/h3-6,17-19H,7-14H2,1-2H3. The van der Waals surface area contributed by atoms with Crippen LogP contribution in [-0.4, -0.2) is 11.6 Å². The number of hydrogen-bond donors (Lipinski definition) is 0. The molecule has 29 heavy (non-hydrogen) atoms. The van der Waals surface area contributed by atoms with Crippen molar-refractivity contribution in [1.82, 2.24) is 0 Å². The number of fused-ring (bicyclic) bond motifs is 5. The number of Topliss-reactive ketones (excluding diaryl/α,β-unsaturated/α-hetero) is 2. The van der Waals surface area contributed by atoms with Crippen molar-refractivity contribution in [2.75, 3.05) is 0 Å². The van der Waals surface area contributed by atoms with Crippen molar-refractivity contribution in [3.63, 3.8) is 0 Å². The molecule has 3 saturated carbocycles. The Morgan fingerprint density at radius 3 is 2.38 bits per heavy atom. The van der Waals surface area contributed by atoms with Gasteiger partial charge in [-0.05, 0) is 91.5 Å². The molecule has 0 bridgehead atoms. The molecule has 5 unspecified atom stereocenters. The monoisotopic (exact) mass is 472 g/mol. The van der Waals surface area contributed by atoms with Gasteiger partial charge in [0.05, 0.1) is 4.91 Å². The van der Waals surface area contributed by atoms with Gasteiger partial charge in [0, 0.05) is 27.6 Å². The molecule has 154 valence electrons. The maximum atomic E-state index is 13.0. The third kappa shape index (κ3) is 3.04. The Bertz CT molecular complexity index is 904. The number of benzene rings is 1. The van der Waals surface area contributed by atoms with Gasteiger partial charge in [-0.25, -0.2) is 0 Å². The maximum Gasteiger partial charge on any atom is 0.169 e. The molecule has 0 amide bonds. The average Bonchev–Trinajstić information content (AvgIpc) is 3.01. The number of ketones is 2. The Kier molecular flexibility index (Phi) is 4.90. The first-order valence-corrected chi connectivity index (χ1v) is 12.7. The summed E-state index contributed by atoms with van der Waals surface area (Å²) in [4.78, 5) is 27.8. The van der Waals surface area contributed by atoms with Crippen molar-refractivity contribution < 1.29 is 9.59 Å². The van der Waals surface area contributed by atoms with Crippen molar-refractivity contribution in [3.05, 3.63) is 39.2 Å². The Labute approximate surface area is 186 Å². The zero-order valence-corrected chi connectivity index (χ0v) is 19.7. The van der Waals surface area contributed by atoms with Gasteiger partial charge in [-0.1, -0.05) is 41.5 Å². The van der Waals surface area contributed by atoms with E-state index in [-0.39, 0.29) is 10.8 Å². The summed E-state index contributed by atoms with van der Waals surface area (Å²) in [6, 6.07) is 8.30. The van der Waals surface area contributed by atoms with E-state index in [2.05, 4.69) is 54.0 Å². The maximum absolute atomic E-state index is 13.0. The van der Waals surface area contributed by atoms with Gasteiger partial charge in [0.2, 0.25) is 0 Å². The Morgan fingerprint density at radius 2 is 1.62 bits per heavy atom. The molecule has 3 fully saturated rings. The first kappa shape index (κ1) is 20.1. The third-order valence-electron chi connectivity index (χ3n) is 8.81. The van der Waals surface area contributed by atoms with Crippen LogP contribution in [0.3, 0.4) is 0 Å². The molecule has 4 aliphatic carbocycles. The number of hydrogen-bond acceptors (Lipinski definition) is 3. The molecule has 2 nitrogen and oxygen atoms in total. The molecule has 0 saturated heterocycles. The van der Waals surface area contributed by atoms with Crippen LogP contribution in [0, 0.1) is 28.6 Å². The fourth-order valence-corrected chi connectivity index (χ4v) is 8.62. The number of allylic oxidation sites excluding steroid dienone is 1. The van der Waals surface area contributed by atoms with E-state index in [1.54, 1.807) is 11.8 Å². The molecule has 4 aliphatic rings. The second-order valence-corrected chi connectivity index (χ2v) is 12.0. The summed E-state index contributed by atoms with van der Waals surface area (Å²) in [6.45, 7) is 4.68. The average molecular weight is 473 g/mol. The SMILES string of the molecule is CC12CCC3C(CCC4=C(Sc5ccc(Br)cc5)C(=O)CCC43C)C1CCC2=O. The van der Waals surface area contributed by atoms with Gasteiger partial charge in [-0.15, -0.1) is 0 Å². The molecular formula is C25H29BrO2S. The number of rotatable bonds is 2. The van der Waals surface area contributed by atoms with E-state index in [4.69, 9.17) is 0 Å². The summed E-state index contributed by atoms with van der Waals surface area (Å²) >= 11 is 5.18. The first-order chi connectivity index (χ1) is 13.8. The van der Waals surface area contributed by atoms with Crippen LogP contribution < -0.4 is 0 Å².